The van der Waals surface area contributed by atoms with Crippen molar-refractivity contribution in [3.05, 3.63) is 69.7 Å². The molecule has 0 bridgehead atoms. The number of hydrogen-bond acceptors (Lipinski definition) is 3. The number of carbonyl (C=O) groups is 1. The molecule has 4 rings (SSSR count). The Kier molecular flexibility index (Phi) is 4.93. The van der Waals surface area contributed by atoms with Gasteiger partial charge in [-0.1, -0.05) is 48.9 Å². The van der Waals surface area contributed by atoms with Gasteiger partial charge in [0.2, 0.25) is 5.91 Å². The zero-order chi connectivity index (χ0) is 20.8. The number of nitrogens with one attached hydrogen (secondary N) is 1. The molecule has 2 aliphatic rings. The van der Waals surface area contributed by atoms with E-state index >= 15 is 0 Å². The number of amides is 1. The summed E-state index contributed by atoms with van der Waals surface area (Å²) in [7, 11) is 0. The van der Waals surface area contributed by atoms with Crippen LogP contribution in [0.2, 0.25) is 5.02 Å². The van der Waals surface area contributed by atoms with Gasteiger partial charge in [-0.25, -0.2) is 0 Å². The maximum atomic E-state index is 12.8. The number of nitrogens with zero attached hydrogens (tertiary/aromatic N) is 1. The van der Waals surface area contributed by atoms with E-state index < -0.39 is 11.0 Å². The smallest absolute Gasteiger partial charge is 0.227 e. The minimum Gasteiger partial charge on any atom is -0.354 e. The summed E-state index contributed by atoms with van der Waals surface area (Å²) in [5.74, 6) is -0.00945. The van der Waals surface area contributed by atoms with E-state index in [1.807, 2.05) is 19.1 Å². The second kappa shape index (κ2) is 7.16. The normalized spacial score (nSPS) is 31.1. The molecule has 29 heavy (non-hydrogen) atoms. The van der Waals surface area contributed by atoms with Crippen molar-refractivity contribution in [1.29, 1.82) is 5.26 Å². The van der Waals surface area contributed by atoms with Crippen molar-refractivity contribution in [3.63, 3.8) is 0 Å². The van der Waals surface area contributed by atoms with E-state index in [4.69, 9.17) is 17.3 Å². The Labute approximate surface area is 177 Å². The average Bonchev–Trinajstić information content (AvgIpc) is 2.97. The van der Waals surface area contributed by atoms with Crippen LogP contribution in [0.15, 0.2) is 42.5 Å². The first-order chi connectivity index (χ1) is 13.8. The van der Waals surface area contributed by atoms with Crippen molar-refractivity contribution in [2.45, 2.75) is 50.5 Å². The first-order valence-electron chi connectivity index (χ1n) is 10.2. The van der Waals surface area contributed by atoms with Crippen molar-refractivity contribution in [2.24, 2.45) is 11.1 Å². The average molecular weight is 408 g/mol. The molecule has 5 heteroatoms. The highest BCUT2D eigenvalue weighted by Crippen LogP contribution is 2.58. The molecule has 2 fully saturated rings. The standard InChI is InChI=1S/C24H26ClN3O/c1-3-15-4-6-16(7-5-15)21-20(19-9-8-18(25)12-17(19)13-26)10-11-23(2)22(29)28-14-24(21,23)27/h4-9,12,20-21H,3,10-11,14,27H2,1-2H3,(H,28,29). The Morgan fingerprint density at radius 3 is 2.66 bits per heavy atom. The van der Waals surface area contributed by atoms with E-state index in [0.29, 0.717) is 23.6 Å². The number of hydrogen-bond donors (Lipinski definition) is 2. The van der Waals surface area contributed by atoms with Gasteiger partial charge in [0.1, 0.15) is 0 Å². The van der Waals surface area contributed by atoms with Crippen molar-refractivity contribution < 1.29 is 4.79 Å². The Hall–Kier alpha value is -2.35. The zero-order valence-corrected chi connectivity index (χ0v) is 17.6. The number of benzene rings is 2. The zero-order valence-electron chi connectivity index (χ0n) is 16.8. The molecular formula is C24H26ClN3O. The minimum absolute atomic E-state index is 0.0326. The molecule has 150 valence electrons. The van der Waals surface area contributed by atoms with Crippen LogP contribution in [0.25, 0.3) is 0 Å². The van der Waals surface area contributed by atoms with Gasteiger partial charge in [0.25, 0.3) is 0 Å². The SMILES string of the molecule is CCc1ccc(C2C(c3ccc(Cl)cc3C#N)CCC3(C)C(=O)NCC23N)cc1. The number of nitrogens with two attached hydrogens (primary N) is 1. The predicted molar refractivity (Wildman–Crippen MR) is 115 cm³/mol. The first kappa shape index (κ1) is 19.9. The third-order valence-electron chi connectivity index (χ3n) is 7.26. The summed E-state index contributed by atoms with van der Waals surface area (Å²) in [6.45, 7) is 4.56. The van der Waals surface area contributed by atoms with Crippen molar-refractivity contribution in [2.75, 3.05) is 6.54 Å². The van der Waals surface area contributed by atoms with E-state index in [9.17, 15) is 10.1 Å². The lowest BCUT2D eigenvalue weighted by atomic mass is 9.53. The molecule has 1 saturated heterocycles. The largest absolute Gasteiger partial charge is 0.354 e. The minimum atomic E-state index is -0.729. The highest BCUT2D eigenvalue weighted by molar-refractivity contribution is 6.30. The molecule has 1 saturated carbocycles. The van der Waals surface area contributed by atoms with Crippen molar-refractivity contribution in [1.82, 2.24) is 5.32 Å². The van der Waals surface area contributed by atoms with Gasteiger partial charge in [-0.2, -0.15) is 5.26 Å². The van der Waals surface area contributed by atoms with Crippen LogP contribution >= 0.6 is 11.6 Å². The van der Waals surface area contributed by atoms with Gasteiger partial charge in [0.15, 0.2) is 0 Å². The lowest BCUT2D eigenvalue weighted by Crippen LogP contribution is -2.62. The quantitative estimate of drug-likeness (QED) is 0.797. The van der Waals surface area contributed by atoms with E-state index in [1.54, 1.807) is 6.07 Å². The van der Waals surface area contributed by atoms with Crippen LogP contribution in [0.3, 0.4) is 0 Å². The maximum Gasteiger partial charge on any atom is 0.227 e. The first-order valence-corrected chi connectivity index (χ1v) is 10.6. The molecule has 0 spiro atoms. The summed E-state index contributed by atoms with van der Waals surface area (Å²) in [6, 6.07) is 16.4. The van der Waals surface area contributed by atoms with Gasteiger partial charge in [-0.05, 0) is 60.9 Å². The lowest BCUT2D eigenvalue weighted by molar-refractivity contribution is -0.130. The molecule has 4 atom stereocenters. The van der Waals surface area contributed by atoms with E-state index in [2.05, 4.69) is 42.6 Å². The molecule has 4 nitrogen and oxygen atoms in total. The summed E-state index contributed by atoms with van der Waals surface area (Å²) < 4.78 is 0. The molecule has 3 N–H and O–H groups in total. The molecule has 0 aromatic heterocycles. The molecule has 1 aliphatic carbocycles. The van der Waals surface area contributed by atoms with E-state index in [1.165, 1.54) is 5.56 Å². The van der Waals surface area contributed by atoms with Crippen LogP contribution in [0.1, 0.15) is 60.8 Å². The highest BCUT2D eigenvalue weighted by Gasteiger charge is 2.63. The molecule has 1 heterocycles. The molecule has 0 radical (unpaired) electrons. The molecule has 2 aromatic carbocycles. The number of halogens is 1. The predicted octanol–water partition coefficient (Wildman–Crippen LogP) is 4.27. The second-order valence-corrected chi connectivity index (χ2v) is 9.05. The fourth-order valence-corrected chi connectivity index (χ4v) is 5.54. The van der Waals surface area contributed by atoms with Crippen molar-refractivity contribution >= 4 is 17.5 Å². The molecule has 4 unspecified atom stereocenters. The van der Waals surface area contributed by atoms with Crippen LogP contribution in [-0.4, -0.2) is 18.0 Å². The van der Waals surface area contributed by atoms with Crippen LogP contribution in [-0.2, 0) is 11.2 Å². The summed E-state index contributed by atoms with van der Waals surface area (Å²) >= 11 is 6.15. The van der Waals surface area contributed by atoms with Crippen LogP contribution in [0.4, 0.5) is 0 Å². The maximum absolute atomic E-state index is 12.8. The summed E-state index contributed by atoms with van der Waals surface area (Å²) in [5, 5.41) is 13.3. The van der Waals surface area contributed by atoms with E-state index in [0.717, 1.165) is 24.0 Å². The molecule has 2 aromatic rings. The van der Waals surface area contributed by atoms with Crippen LogP contribution < -0.4 is 11.1 Å². The fraction of sp³-hybridized carbons (Fsp3) is 0.417. The number of nitriles is 1. The van der Waals surface area contributed by atoms with E-state index in [-0.39, 0.29) is 17.7 Å². The van der Waals surface area contributed by atoms with Crippen LogP contribution in [0, 0.1) is 16.7 Å². The van der Waals surface area contributed by atoms with Gasteiger partial charge in [0, 0.05) is 17.5 Å². The van der Waals surface area contributed by atoms with Crippen LogP contribution in [0.5, 0.6) is 0 Å². The van der Waals surface area contributed by atoms with Gasteiger partial charge < -0.3 is 11.1 Å². The Morgan fingerprint density at radius 2 is 2.00 bits per heavy atom. The third kappa shape index (κ3) is 2.96. The fourth-order valence-electron chi connectivity index (χ4n) is 5.37. The van der Waals surface area contributed by atoms with Gasteiger partial charge in [-0.15, -0.1) is 0 Å². The van der Waals surface area contributed by atoms with Gasteiger partial charge >= 0.3 is 0 Å². The highest BCUT2D eigenvalue weighted by atomic mass is 35.5. The number of rotatable bonds is 3. The number of aryl methyl sites for hydroxylation is 1. The lowest BCUT2D eigenvalue weighted by Gasteiger charge is -2.52. The topological polar surface area (TPSA) is 78.9 Å². The molecular weight excluding hydrogens is 382 g/mol. The second-order valence-electron chi connectivity index (χ2n) is 8.62. The van der Waals surface area contributed by atoms with Gasteiger partial charge in [-0.3, -0.25) is 4.79 Å². The number of carbonyl (C=O) groups excluding carboxylic acids is 1. The Morgan fingerprint density at radius 1 is 1.28 bits per heavy atom. The monoisotopic (exact) mass is 407 g/mol. The van der Waals surface area contributed by atoms with Crippen molar-refractivity contribution in [3.8, 4) is 6.07 Å². The Balaban J connectivity index is 1.89. The Bertz CT molecular complexity index is 996. The third-order valence-corrected chi connectivity index (χ3v) is 7.50. The summed E-state index contributed by atoms with van der Waals surface area (Å²) in [6.07, 6.45) is 2.45. The summed E-state index contributed by atoms with van der Waals surface area (Å²) in [4.78, 5) is 12.8. The summed E-state index contributed by atoms with van der Waals surface area (Å²) in [5.41, 5.74) is 9.67. The van der Waals surface area contributed by atoms with Gasteiger partial charge in [0.05, 0.1) is 22.6 Å². The molecule has 1 aliphatic heterocycles. The number of fused-ring (bicyclic) bond motifs is 1. The molecule has 1 amide bonds.